The highest BCUT2D eigenvalue weighted by molar-refractivity contribution is 7.47. The van der Waals surface area contributed by atoms with Gasteiger partial charge in [0.15, 0.2) is 6.10 Å². The second-order valence-electron chi connectivity index (χ2n) is 16.3. The molecule has 8 atom stereocenters. The molecular formula is C44H83O13P. The minimum absolute atomic E-state index is 0.101. The van der Waals surface area contributed by atoms with Gasteiger partial charge in [0, 0.05) is 12.8 Å². The molecule has 0 aromatic rings. The lowest BCUT2D eigenvalue weighted by Crippen LogP contribution is -2.64. The first-order valence-electron chi connectivity index (χ1n) is 23.0. The average Bonchev–Trinajstić information content (AvgIpc) is 3.20. The number of allylic oxidation sites excluding steroid dienone is 2. The molecule has 58 heavy (non-hydrogen) atoms. The Morgan fingerprint density at radius 3 is 1.34 bits per heavy atom. The van der Waals surface area contributed by atoms with E-state index in [0.717, 1.165) is 57.8 Å². The Kier molecular flexibility index (Phi) is 33.2. The van der Waals surface area contributed by atoms with E-state index in [-0.39, 0.29) is 12.8 Å². The Balaban J connectivity index is 2.45. The van der Waals surface area contributed by atoms with Gasteiger partial charge in [0.1, 0.15) is 43.2 Å². The number of hydrogen-bond donors (Lipinski definition) is 6. The first kappa shape index (κ1) is 54.6. The van der Waals surface area contributed by atoms with Crippen LogP contribution in [0, 0.1) is 0 Å². The van der Waals surface area contributed by atoms with E-state index in [4.69, 9.17) is 18.5 Å². The number of esters is 2. The van der Waals surface area contributed by atoms with Crippen molar-refractivity contribution in [3.63, 3.8) is 0 Å². The maximum Gasteiger partial charge on any atom is 0.472 e. The van der Waals surface area contributed by atoms with Gasteiger partial charge < -0.3 is 39.9 Å². The number of phosphoric ester groups is 1. The molecule has 14 heteroatoms. The Morgan fingerprint density at radius 1 is 0.517 bits per heavy atom. The molecule has 0 radical (unpaired) electrons. The maximum atomic E-state index is 12.8. The van der Waals surface area contributed by atoms with Crippen LogP contribution >= 0.6 is 7.82 Å². The minimum atomic E-state index is -5.11. The van der Waals surface area contributed by atoms with Gasteiger partial charge in [0.05, 0.1) is 6.61 Å². The van der Waals surface area contributed by atoms with Gasteiger partial charge in [-0.15, -0.1) is 0 Å². The SMILES string of the molecule is CCCCC/C=C\CCCCCCCC(=O)OC[C@H](COP(=O)(O)OC1C(O)C(O)C(O)[C@@H](O)C1O)OC(=O)CCCCCCCCCCCCCCCCCCC. The number of phosphoric acid groups is 1. The van der Waals surface area contributed by atoms with Crippen molar-refractivity contribution in [3.8, 4) is 0 Å². The predicted octanol–water partition coefficient (Wildman–Crippen LogP) is 8.67. The fourth-order valence-corrected chi connectivity index (χ4v) is 8.08. The Bertz CT molecular complexity index is 1080. The van der Waals surface area contributed by atoms with Crippen molar-refractivity contribution in [1.82, 2.24) is 0 Å². The summed E-state index contributed by atoms with van der Waals surface area (Å²) < 4.78 is 33.5. The number of hydrogen-bond acceptors (Lipinski definition) is 12. The normalized spacial score (nSPS) is 22.6. The first-order valence-corrected chi connectivity index (χ1v) is 24.5. The fourth-order valence-electron chi connectivity index (χ4n) is 7.11. The summed E-state index contributed by atoms with van der Waals surface area (Å²) in [4.78, 5) is 35.6. The molecule has 0 bridgehead atoms. The number of rotatable bonds is 38. The first-order chi connectivity index (χ1) is 27.9. The number of carbonyl (C=O) groups excluding carboxylic acids is 2. The lowest BCUT2D eigenvalue weighted by Gasteiger charge is -2.41. The van der Waals surface area contributed by atoms with Gasteiger partial charge in [-0.05, 0) is 38.5 Å². The smallest absolute Gasteiger partial charge is 0.462 e. The van der Waals surface area contributed by atoms with Crippen molar-refractivity contribution in [1.29, 1.82) is 0 Å². The second kappa shape index (κ2) is 35.2. The molecule has 6 unspecified atom stereocenters. The molecule has 0 aliphatic heterocycles. The lowest BCUT2D eigenvalue weighted by molar-refractivity contribution is -0.220. The van der Waals surface area contributed by atoms with E-state index in [2.05, 4.69) is 26.0 Å². The van der Waals surface area contributed by atoms with Crippen LogP contribution in [-0.4, -0.2) is 98.3 Å². The topological polar surface area (TPSA) is 210 Å². The van der Waals surface area contributed by atoms with E-state index in [9.17, 15) is 44.6 Å². The highest BCUT2D eigenvalue weighted by Gasteiger charge is 2.51. The van der Waals surface area contributed by atoms with Crippen molar-refractivity contribution in [3.05, 3.63) is 12.2 Å². The van der Waals surface area contributed by atoms with E-state index < -0.39 is 75.7 Å². The molecule has 1 fully saturated rings. The lowest BCUT2D eigenvalue weighted by atomic mass is 9.85. The summed E-state index contributed by atoms with van der Waals surface area (Å²) in [7, 11) is -5.11. The van der Waals surface area contributed by atoms with E-state index in [1.165, 1.54) is 103 Å². The molecule has 6 N–H and O–H groups in total. The monoisotopic (exact) mass is 851 g/mol. The third-order valence-corrected chi connectivity index (χ3v) is 11.8. The van der Waals surface area contributed by atoms with Gasteiger partial charge in [-0.25, -0.2) is 4.57 Å². The molecule has 0 aromatic carbocycles. The largest absolute Gasteiger partial charge is 0.472 e. The van der Waals surface area contributed by atoms with Crippen LogP contribution in [0.15, 0.2) is 12.2 Å². The summed E-state index contributed by atoms with van der Waals surface area (Å²) in [6, 6.07) is 0. The second-order valence-corrected chi connectivity index (χ2v) is 17.7. The van der Waals surface area contributed by atoms with Gasteiger partial charge in [-0.1, -0.05) is 161 Å². The van der Waals surface area contributed by atoms with E-state index in [1.807, 2.05) is 0 Å². The fraction of sp³-hybridized carbons (Fsp3) is 0.909. The molecule has 1 saturated carbocycles. The van der Waals surface area contributed by atoms with Crippen LogP contribution in [0.3, 0.4) is 0 Å². The summed E-state index contributed by atoms with van der Waals surface area (Å²) >= 11 is 0. The molecule has 0 spiro atoms. The van der Waals surface area contributed by atoms with E-state index in [0.29, 0.717) is 12.8 Å². The average molecular weight is 851 g/mol. The molecule has 1 rings (SSSR count). The van der Waals surface area contributed by atoms with Crippen LogP contribution in [0.2, 0.25) is 0 Å². The van der Waals surface area contributed by atoms with Crippen LogP contribution in [0.4, 0.5) is 0 Å². The molecule has 1 aliphatic carbocycles. The van der Waals surface area contributed by atoms with Crippen LogP contribution in [0.25, 0.3) is 0 Å². The molecule has 0 heterocycles. The maximum absolute atomic E-state index is 12.8. The Hall–Kier alpha value is -1.41. The summed E-state index contributed by atoms with van der Waals surface area (Å²) in [5.41, 5.74) is 0. The van der Waals surface area contributed by atoms with Gasteiger partial charge in [0.25, 0.3) is 0 Å². The molecule has 0 aromatic heterocycles. The van der Waals surface area contributed by atoms with Crippen molar-refractivity contribution in [2.75, 3.05) is 13.2 Å². The van der Waals surface area contributed by atoms with Gasteiger partial charge in [0.2, 0.25) is 0 Å². The van der Waals surface area contributed by atoms with E-state index in [1.54, 1.807) is 0 Å². The summed E-state index contributed by atoms with van der Waals surface area (Å²) in [5.74, 6) is -1.10. The third-order valence-electron chi connectivity index (χ3n) is 10.9. The zero-order chi connectivity index (χ0) is 42.9. The standard InChI is InChI=1S/C44H83O13P/c1-3-5-7-9-11-13-15-17-18-19-20-21-23-25-27-29-31-33-38(46)56-36(34-54-37(45)32-30-28-26-24-22-16-14-12-10-8-6-4-2)35-55-58(52,53)57-44-42(50)40(48)39(47)41(49)43(44)51/h12,14,36,39-44,47-51H,3-11,13,15-35H2,1-2H3,(H,52,53)/b14-12-/t36-,39?,40-,41?,42?,43?,44?/m1/s1. The summed E-state index contributed by atoms with van der Waals surface area (Å²) in [5, 5.41) is 50.1. The van der Waals surface area contributed by atoms with Gasteiger partial charge in [-0.2, -0.15) is 0 Å². The number of aliphatic hydroxyl groups excluding tert-OH is 5. The minimum Gasteiger partial charge on any atom is -0.462 e. The zero-order valence-corrected chi connectivity index (χ0v) is 37.0. The van der Waals surface area contributed by atoms with Crippen molar-refractivity contribution < 1.29 is 63.1 Å². The Labute approximate surface area is 350 Å². The quantitative estimate of drug-likeness (QED) is 0.0149. The van der Waals surface area contributed by atoms with Gasteiger partial charge in [-0.3, -0.25) is 18.6 Å². The summed E-state index contributed by atoms with van der Waals surface area (Å²) in [6.07, 6.45) is 22.7. The highest BCUT2D eigenvalue weighted by Crippen LogP contribution is 2.47. The number of unbranched alkanes of at least 4 members (excludes halogenated alkanes) is 24. The highest BCUT2D eigenvalue weighted by atomic mass is 31.2. The third kappa shape index (κ3) is 27.4. The Morgan fingerprint density at radius 2 is 0.879 bits per heavy atom. The molecule has 0 saturated heterocycles. The molecule has 342 valence electrons. The summed E-state index contributed by atoms with van der Waals surface area (Å²) in [6.45, 7) is 3.28. The number of ether oxygens (including phenoxy) is 2. The zero-order valence-electron chi connectivity index (χ0n) is 36.1. The van der Waals surface area contributed by atoms with Crippen LogP contribution in [0.5, 0.6) is 0 Å². The molecule has 13 nitrogen and oxygen atoms in total. The number of carbonyl (C=O) groups is 2. The van der Waals surface area contributed by atoms with Gasteiger partial charge >= 0.3 is 19.8 Å². The molecular weight excluding hydrogens is 767 g/mol. The number of aliphatic hydroxyl groups is 5. The van der Waals surface area contributed by atoms with Crippen LogP contribution < -0.4 is 0 Å². The van der Waals surface area contributed by atoms with Crippen LogP contribution in [-0.2, 0) is 32.7 Å². The van der Waals surface area contributed by atoms with Crippen molar-refractivity contribution >= 4 is 19.8 Å². The van der Waals surface area contributed by atoms with Crippen molar-refractivity contribution in [2.45, 2.75) is 243 Å². The van der Waals surface area contributed by atoms with Crippen LogP contribution in [0.1, 0.15) is 200 Å². The van der Waals surface area contributed by atoms with Crippen molar-refractivity contribution in [2.24, 2.45) is 0 Å². The van der Waals surface area contributed by atoms with E-state index >= 15 is 0 Å². The molecule has 0 amide bonds. The molecule has 1 aliphatic rings. The predicted molar refractivity (Wildman–Crippen MR) is 226 cm³/mol.